The molecule has 0 aliphatic carbocycles. The van der Waals surface area contributed by atoms with Gasteiger partial charge in [-0.3, -0.25) is 14.9 Å². The van der Waals surface area contributed by atoms with Crippen molar-refractivity contribution in [3.8, 4) is 0 Å². The predicted molar refractivity (Wildman–Crippen MR) is 95.6 cm³/mol. The van der Waals surface area contributed by atoms with Crippen molar-refractivity contribution in [1.82, 2.24) is 0 Å². The van der Waals surface area contributed by atoms with Crippen molar-refractivity contribution < 1.29 is 19.4 Å². The van der Waals surface area contributed by atoms with E-state index in [9.17, 15) is 19.3 Å². The summed E-state index contributed by atoms with van der Waals surface area (Å²) in [6, 6.07) is 10.6. The maximum absolute atomic E-state index is 13.3. The van der Waals surface area contributed by atoms with Crippen molar-refractivity contribution in [3.63, 3.8) is 0 Å². The minimum Gasteiger partial charge on any atom is -0.330 e. The number of halogens is 2. The van der Waals surface area contributed by atoms with E-state index in [2.05, 4.69) is 21.2 Å². The fraction of sp³-hybridized carbons (Fsp3) is 0.235. The van der Waals surface area contributed by atoms with Gasteiger partial charge in [0.05, 0.1) is 4.92 Å². The summed E-state index contributed by atoms with van der Waals surface area (Å²) in [7, 11) is 0. The van der Waals surface area contributed by atoms with E-state index in [-0.39, 0.29) is 17.6 Å². The van der Waals surface area contributed by atoms with Crippen molar-refractivity contribution in [2.45, 2.75) is 25.9 Å². The van der Waals surface area contributed by atoms with Gasteiger partial charge in [0.15, 0.2) is 6.04 Å². The molecule has 0 radical (unpaired) electrons. The molecule has 0 aliphatic rings. The molecule has 2 aromatic rings. The standard InChI is InChI=1S/C17H17BrFN3O3/c1-10(13-5-3-4-6-14(13)18)20-11(2)17(23)21-12-7-8-15(19)16(9-12)22(24)25/h3-11,20H,1-2H3,(H,21,23)/p+1/t10-,11-/m0/s1. The zero-order chi connectivity index (χ0) is 18.6. The summed E-state index contributed by atoms with van der Waals surface area (Å²) in [6.07, 6.45) is 0. The maximum atomic E-state index is 13.3. The number of quaternary nitrogens is 1. The van der Waals surface area contributed by atoms with Gasteiger partial charge in [0.25, 0.3) is 5.91 Å². The average Bonchev–Trinajstić information content (AvgIpc) is 2.56. The number of carbonyl (C=O) groups excluding carboxylic acids is 1. The Morgan fingerprint density at radius 3 is 2.60 bits per heavy atom. The Bertz CT molecular complexity index is 800. The normalized spacial score (nSPS) is 13.1. The molecule has 0 saturated carbocycles. The van der Waals surface area contributed by atoms with E-state index in [0.29, 0.717) is 0 Å². The summed E-state index contributed by atoms with van der Waals surface area (Å²) in [5.74, 6) is -1.26. The van der Waals surface area contributed by atoms with Gasteiger partial charge >= 0.3 is 5.69 Å². The summed E-state index contributed by atoms with van der Waals surface area (Å²) < 4.78 is 14.3. The second-order valence-electron chi connectivity index (χ2n) is 5.70. The van der Waals surface area contributed by atoms with Crippen LogP contribution >= 0.6 is 15.9 Å². The molecule has 1 amide bonds. The number of benzene rings is 2. The van der Waals surface area contributed by atoms with Crippen molar-refractivity contribution in [2.75, 3.05) is 5.32 Å². The topological polar surface area (TPSA) is 88.8 Å². The van der Waals surface area contributed by atoms with Crippen LogP contribution < -0.4 is 10.6 Å². The Morgan fingerprint density at radius 1 is 1.28 bits per heavy atom. The molecule has 25 heavy (non-hydrogen) atoms. The maximum Gasteiger partial charge on any atom is 0.306 e. The number of anilines is 1. The first-order chi connectivity index (χ1) is 11.8. The van der Waals surface area contributed by atoms with Crippen LogP contribution in [0, 0.1) is 15.9 Å². The van der Waals surface area contributed by atoms with E-state index >= 15 is 0 Å². The van der Waals surface area contributed by atoms with Crippen LogP contribution in [-0.2, 0) is 4.79 Å². The van der Waals surface area contributed by atoms with Crippen LogP contribution in [0.3, 0.4) is 0 Å². The molecule has 3 N–H and O–H groups in total. The number of rotatable bonds is 6. The van der Waals surface area contributed by atoms with Crippen LogP contribution in [0.2, 0.25) is 0 Å². The molecule has 0 unspecified atom stereocenters. The highest BCUT2D eigenvalue weighted by atomic mass is 79.9. The number of nitro benzene ring substituents is 1. The Kier molecular flexibility index (Phi) is 6.22. The highest BCUT2D eigenvalue weighted by Crippen LogP contribution is 2.22. The Labute approximate surface area is 152 Å². The highest BCUT2D eigenvalue weighted by molar-refractivity contribution is 9.10. The van der Waals surface area contributed by atoms with Gasteiger partial charge in [-0.2, -0.15) is 4.39 Å². The molecule has 2 rings (SSSR count). The van der Waals surface area contributed by atoms with E-state index in [1.807, 2.05) is 36.5 Å². The first-order valence-corrected chi connectivity index (χ1v) is 8.43. The number of nitrogens with zero attached hydrogens (tertiary/aromatic N) is 1. The van der Waals surface area contributed by atoms with Gasteiger partial charge < -0.3 is 10.6 Å². The second-order valence-corrected chi connectivity index (χ2v) is 6.56. The molecule has 2 atom stereocenters. The van der Waals surface area contributed by atoms with Gasteiger partial charge in [-0.25, -0.2) is 0 Å². The molecule has 0 saturated heterocycles. The molecule has 132 valence electrons. The predicted octanol–water partition coefficient (Wildman–Crippen LogP) is 3.15. The SMILES string of the molecule is C[C@H]([NH2+][C@@H](C)c1ccccc1Br)C(=O)Nc1ccc(F)c([N+](=O)[O-])c1. The summed E-state index contributed by atoms with van der Waals surface area (Å²) >= 11 is 3.49. The fourth-order valence-electron chi connectivity index (χ4n) is 2.45. The molecule has 0 aliphatic heterocycles. The number of amides is 1. The molecular weight excluding hydrogens is 393 g/mol. The zero-order valence-corrected chi connectivity index (χ0v) is 15.3. The summed E-state index contributed by atoms with van der Waals surface area (Å²) in [4.78, 5) is 22.3. The van der Waals surface area contributed by atoms with E-state index in [1.54, 1.807) is 6.92 Å². The largest absolute Gasteiger partial charge is 0.330 e. The number of hydrogen-bond donors (Lipinski definition) is 2. The lowest BCUT2D eigenvalue weighted by molar-refractivity contribution is -0.709. The smallest absolute Gasteiger partial charge is 0.306 e. The van der Waals surface area contributed by atoms with Crippen molar-refractivity contribution in [1.29, 1.82) is 0 Å². The minimum atomic E-state index is -0.940. The van der Waals surface area contributed by atoms with Gasteiger partial charge in [0, 0.05) is 21.8 Å². The first kappa shape index (κ1) is 19.0. The zero-order valence-electron chi connectivity index (χ0n) is 13.7. The van der Waals surface area contributed by atoms with Crippen molar-refractivity contribution >= 4 is 33.2 Å². The number of carbonyl (C=O) groups is 1. The van der Waals surface area contributed by atoms with E-state index in [4.69, 9.17) is 0 Å². The summed E-state index contributed by atoms with van der Waals surface area (Å²) in [5, 5.41) is 15.2. The van der Waals surface area contributed by atoms with E-state index in [1.165, 1.54) is 6.07 Å². The van der Waals surface area contributed by atoms with Gasteiger partial charge in [-0.1, -0.05) is 34.1 Å². The molecule has 0 spiro atoms. The molecule has 0 fully saturated rings. The quantitative estimate of drug-likeness (QED) is 0.566. The number of nitrogens with two attached hydrogens (primary N) is 1. The van der Waals surface area contributed by atoms with Gasteiger partial charge in [0.2, 0.25) is 5.82 Å². The van der Waals surface area contributed by atoms with Crippen LogP contribution in [0.5, 0.6) is 0 Å². The number of nitro groups is 1. The third kappa shape index (κ3) is 4.83. The average molecular weight is 411 g/mol. The van der Waals surface area contributed by atoms with Crippen LogP contribution in [0.15, 0.2) is 46.9 Å². The monoisotopic (exact) mass is 410 g/mol. The highest BCUT2D eigenvalue weighted by Gasteiger charge is 2.22. The van der Waals surface area contributed by atoms with Crippen LogP contribution in [-0.4, -0.2) is 16.9 Å². The molecule has 8 heteroatoms. The lowest BCUT2D eigenvalue weighted by atomic mass is 10.1. The Balaban J connectivity index is 2.04. The van der Waals surface area contributed by atoms with Crippen molar-refractivity contribution in [2.24, 2.45) is 0 Å². The lowest BCUT2D eigenvalue weighted by Crippen LogP contribution is -2.91. The first-order valence-electron chi connectivity index (χ1n) is 7.63. The molecular formula is C17H18BrFN3O3+. The molecule has 0 heterocycles. The fourth-order valence-corrected chi connectivity index (χ4v) is 3.10. The minimum absolute atomic E-state index is 0.0267. The number of hydrogen-bond acceptors (Lipinski definition) is 3. The van der Waals surface area contributed by atoms with Gasteiger partial charge in [-0.15, -0.1) is 0 Å². The van der Waals surface area contributed by atoms with Crippen molar-refractivity contribution in [3.05, 3.63) is 68.4 Å². The molecule has 6 nitrogen and oxygen atoms in total. The summed E-state index contributed by atoms with van der Waals surface area (Å²) in [5.41, 5.74) is 0.572. The molecule has 2 aromatic carbocycles. The molecule has 0 bridgehead atoms. The third-order valence-corrected chi connectivity index (χ3v) is 4.52. The number of nitrogens with one attached hydrogen (secondary N) is 1. The van der Waals surface area contributed by atoms with E-state index < -0.39 is 22.5 Å². The van der Waals surface area contributed by atoms with Crippen LogP contribution in [0.4, 0.5) is 15.8 Å². The molecule has 0 aromatic heterocycles. The second kappa shape index (κ2) is 8.17. The Morgan fingerprint density at radius 2 is 1.96 bits per heavy atom. The summed E-state index contributed by atoms with van der Waals surface area (Å²) in [6.45, 7) is 3.72. The Hall–Kier alpha value is -2.32. The van der Waals surface area contributed by atoms with Crippen LogP contribution in [0.1, 0.15) is 25.5 Å². The van der Waals surface area contributed by atoms with Gasteiger partial charge in [0.1, 0.15) is 6.04 Å². The third-order valence-electron chi connectivity index (χ3n) is 3.80. The van der Waals surface area contributed by atoms with Gasteiger partial charge in [-0.05, 0) is 32.0 Å². The van der Waals surface area contributed by atoms with Crippen LogP contribution in [0.25, 0.3) is 0 Å². The van der Waals surface area contributed by atoms with E-state index in [0.717, 1.165) is 22.2 Å². The lowest BCUT2D eigenvalue weighted by Gasteiger charge is -2.17.